The quantitative estimate of drug-likeness (QED) is 0.721. The fraction of sp³-hybridized carbons (Fsp3) is 0.278. The fourth-order valence-corrected chi connectivity index (χ4v) is 2.93. The van der Waals surface area contributed by atoms with Crippen molar-refractivity contribution >= 4 is 17.4 Å². The zero-order valence-electron chi connectivity index (χ0n) is 14.1. The third kappa shape index (κ3) is 3.71. The molecule has 0 saturated carbocycles. The van der Waals surface area contributed by atoms with Crippen molar-refractivity contribution in [3.8, 4) is 11.1 Å². The molecule has 7 nitrogen and oxygen atoms in total. The van der Waals surface area contributed by atoms with Gasteiger partial charge in [-0.05, 0) is 36.3 Å². The number of hydrogen-bond acceptors (Lipinski definition) is 5. The summed E-state index contributed by atoms with van der Waals surface area (Å²) in [6, 6.07) is 5.67. The summed E-state index contributed by atoms with van der Waals surface area (Å²) >= 11 is 0. The molecule has 1 aliphatic rings. The van der Waals surface area contributed by atoms with E-state index in [1.165, 1.54) is 6.08 Å². The Bertz CT molecular complexity index is 845. The lowest BCUT2D eigenvalue weighted by Gasteiger charge is -2.16. The number of hydrogen-bond donors (Lipinski definition) is 3. The molecule has 1 atom stereocenters. The van der Waals surface area contributed by atoms with E-state index in [0.717, 1.165) is 23.4 Å². The van der Waals surface area contributed by atoms with Gasteiger partial charge in [0.05, 0.1) is 0 Å². The van der Waals surface area contributed by atoms with E-state index < -0.39 is 0 Å². The number of carbonyl (C=O) groups excluding carboxylic acids is 1. The predicted octanol–water partition coefficient (Wildman–Crippen LogP) is 1.68. The number of rotatable bonds is 5. The molecule has 0 aliphatic carbocycles. The molecule has 2 aromatic heterocycles. The van der Waals surface area contributed by atoms with Gasteiger partial charge in [-0.25, -0.2) is 4.98 Å². The van der Waals surface area contributed by atoms with Crippen LogP contribution >= 0.6 is 0 Å². The summed E-state index contributed by atoms with van der Waals surface area (Å²) in [4.78, 5) is 32.5. The maximum atomic E-state index is 12.1. The maximum Gasteiger partial charge on any atom is 0.271 e. The van der Waals surface area contributed by atoms with Crippen LogP contribution in [0.25, 0.3) is 11.1 Å². The fourth-order valence-electron chi connectivity index (χ4n) is 2.93. The molecule has 0 spiro atoms. The minimum Gasteiger partial charge on any atom is -0.376 e. The predicted molar refractivity (Wildman–Crippen MR) is 98.6 cm³/mol. The van der Waals surface area contributed by atoms with Gasteiger partial charge >= 0.3 is 0 Å². The van der Waals surface area contributed by atoms with Gasteiger partial charge in [-0.1, -0.05) is 6.58 Å². The number of aromatic nitrogens is 2. The Morgan fingerprint density at radius 2 is 2.28 bits per heavy atom. The molecule has 0 aromatic carbocycles. The number of pyridine rings is 2. The number of nitrogens with zero attached hydrogens (tertiary/aromatic N) is 2. The number of carbonyl (C=O) groups is 1. The van der Waals surface area contributed by atoms with Crippen LogP contribution in [0.4, 0.5) is 11.5 Å². The third-order valence-electron chi connectivity index (χ3n) is 4.29. The van der Waals surface area contributed by atoms with Gasteiger partial charge in [0.2, 0.25) is 5.91 Å². The Morgan fingerprint density at radius 1 is 1.44 bits per heavy atom. The molecular formula is C18H21N5O2. The first-order chi connectivity index (χ1) is 12.1. The van der Waals surface area contributed by atoms with Crippen molar-refractivity contribution < 1.29 is 4.79 Å². The van der Waals surface area contributed by atoms with Crippen LogP contribution in [0.1, 0.15) is 6.42 Å². The molecule has 0 radical (unpaired) electrons. The standard InChI is InChI=1S/C18H21N5O2/c1-3-17(24)23-7-5-14(11-23)22-15-8-13(10-21-18(15)25)12-4-6-20-16(9-12)19-2/h3-4,6,8-10,14,22H,1,5,7,11H2,2H3,(H,19,20)(H,21,25)/t14-/m0/s1. The van der Waals surface area contributed by atoms with Crippen molar-refractivity contribution in [3.05, 3.63) is 53.6 Å². The van der Waals surface area contributed by atoms with Crippen molar-refractivity contribution in [2.45, 2.75) is 12.5 Å². The second kappa shape index (κ2) is 7.21. The van der Waals surface area contributed by atoms with E-state index in [9.17, 15) is 9.59 Å². The van der Waals surface area contributed by atoms with E-state index in [-0.39, 0.29) is 17.5 Å². The van der Waals surface area contributed by atoms with Gasteiger partial charge in [0.25, 0.3) is 5.56 Å². The number of aromatic amines is 1. The Kier molecular flexibility index (Phi) is 4.83. The van der Waals surface area contributed by atoms with Crippen molar-refractivity contribution in [3.63, 3.8) is 0 Å². The summed E-state index contributed by atoms with van der Waals surface area (Å²) in [6.45, 7) is 4.74. The molecule has 0 unspecified atom stereocenters. The zero-order valence-corrected chi connectivity index (χ0v) is 14.1. The Morgan fingerprint density at radius 3 is 3.04 bits per heavy atom. The van der Waals surface area contributed by atoms with E-state index in [0.29, 0.717) is 18.8 Å². The second-order valence-electron chi connectivity index (χ2n) is 5.93. The highest BCUT2D eigenvalue weighted by Gasteiger charge is 2.25. The van der Waals surface area contributed by atoms with Gasteiger partial charge in [-0.3, -0.25) is 9.59 Å². The van der Waals surface area contributed by atoms with Crippen LogP contribution in [0.2, 0.25) is 0 Å². The summed E-state index contributed by atoms with van der Waals surface area (Å²) in [5.74, 6) is 0.677. The molecule has 3 N–H and O–H groups in total. The van der Waals surface area contributed by atoms with Gasteiger partial charge in [0.15, 0.2) is 0 Å². The molecular weight excluding hydrogens is 318 g/mol. The minimum absolute atomic E-state index is 0.0468. The van der Waals surface area contributed by atoms with Crippen LogP contribution in [0.3, 0.4) is 0 Å². The number of anilines is 2. The first-order valence-electron chi connectivity index (χ1n) is 8.15. The summed E-state index contributed by atoms with van der Waals surface area (Å²) in [6.07, 6.45) is 5.51. The van der Waals surface area contributed by atoms with Gasteiger partial charge in [-0.15, -0.1) is 0 Å². The molecule has 0 bridgehead atoms. The highest BCUT2D eigenvalue weighted by atomic mass is 16.2. The number of amides is 1. The van der Waals surface area contributed by atoms with Gasteiger partial charge in [0.1, 0.15) is 11.5 Å². The lowest BCUT2D eigenvalue weighted by Crippen LogP contribution is -2.31. The average molecular weight is 339 g/mol. The molecule has 1 amide bonds. The number of likely N-dealkylation sites (tertiary alicyclic amines) is 1. The number of H-pyrrole nitrogens is 1. The first-order valence-corrected chi connectivity index (χ1v) is 8.15. The van der Waals surface area contributed by atoms with E-state index in [1.807, 2.05) is 25.2 Å². The lowest BCUT2D eigenvalue weighted by molar-refractivity contribution is -0.125. The topological polar surface area (TPSA) is 90.1 Å². The van der Waals surface area contributed by atoms with Gasteiger partial charge in [-0.2, -0.15) is 0 Å². The van der Waals surface area contributed by atoms with Gasteiger partial charge < -0.3 is 20.5 Å². The number of nitrogens with one attached hydrogen (secondary N) is 3. The van der Waals surface area contributed by atoms with Crippen molar-refractivity contribution in [1.82, 2.24) is 14.9 Å². The van der Waals surface area contributed by atoms with Crippen molar-refractivity contribution in [2.75, 3.05) is 30.8 Å². The van der Waals surface area contributed by atoms with Crippen molar-refractivity contribution in [1.29, 1.82) is 0 Å². The third-order valence-corrected chi connectivity index (χ3v) is 4.29. The maximum absolute atomic E-state index is 12.1. The SMILES string of the molecule is C=CC(=O)N1CC[C@H](Nc2cc(-c3ccnc(NC)c3)c[nH]c2=O)C1. The smallest absolute Gasteiger partial charge is 0.271 e. The molecule has 3 heterocycles. The average Bonchev–Trinajstić information content (AvgIpc) is 3.11. The van der Waals surface area contributed by atoms with Crippen molar-refractivity contribution in [2.24, 2.45) is 0 Å². The summed E-state index contributed by atoms with van der Waals surface area (Å²) in [7, 11) is 1.81. The second-order valence-corrected chi connectivity index (χ2v) is 5.93. The Balaban J connectivity index is 1.79. The monoisotopic (exact) mass is 339 g/mol. The molecule has 1 fully saturated rings. The molecule has 2 aromatic rings. The van der Waals surface area contributed by atoms with E-state index in [1.54, 1.807) is 17.3 Å². The molecule has 1 saturated heterocycles. The highest BCUT2D eigenvalue weighted by Crippen LogP contribution is 2.22. The van der Waals surface area contributed by atoms with Crippen LogP contribution in [0.15, 0.2) is 48.0 Å². The lowest BCUT2D eigenvalue weighted by atomic mass is 10.1. The molecule has 7 heteroatoms. The van der Waals surface area contributed by atoms with E-state index >= 15 is 0 Å². The van der Waals surface area contributed by atoms with Crippen LogP contribution < -0.4 is 16.2 Å². The van der Waals surface area contributed by atoms with Gasteiger partial charge in [0, 0.05) is 44.1 Å². The summed E-state index contributed by atoms with van der Waals surface area (Å²) in [5.41, 5.74) is 2.16. The van der Waals surface area contributed by atoms with Crippen LogP contribution in [-0.4, -0.2) is 47.0 Å². The summed E-state index contributed by atoms with van der Waals surface area (Å²) < 4.78 is 0. The summed E-state index contributed by atoms with van der Waals surface area (Å²) in [5, 5.41) is 6.25. The highest BCUT2D eigenvalue weighted by molar-refractivity contribution is 5.87. The van der Waals surface area contributed by atoms with E-state index in [4.69, 9.17) is 0 Å². The molecule has 130 valence electrons. The largest absolute Gasteiger partial charge is 0.376 e. The van der Waals surface area contributed by atoms with Crippen LogP contribution in [0.5, 0.6) is 0 Å². The van der Waals surface area contributed by atoms with E-state index in [2.05, 4.69) is 27.2 Å². The molecule has 3 rings (SSSR count). The normalized spacial score (nSPS) is 16.5. The Labute approximate surface area is 145 Å². The molecule has 25 heavy (non-hydrogen) atoms. The Hall–Kier alpha value is -3.09. The zero-order chi connectivity index (χ0) is 17.8. The first kappa shape index (κ1) is 16.8. The molecule has 1 aliphatic heterocycles. The van der Waals surface area contributed by atoms with Crippen LogP contribution in [-0.2, 0) is 4.79 Å². The minimum atomic E-state index is -0.180. The van der Waals surface area contributed by atoms with Crippen LogP contribution in [0, 0.1) is 0 Å².